The van der Waals surface area contributed by atoms with E-state index in [9.17, 15) is 10.2 Å². The molecular weight excluding hydrogens is 556 g/mol. The maximum absolute atomic E-state index is 11.4. The number of hydrogen-bond donors (Lipinski definition) is 6. The molecule has 0 saturated carbocycles. The molecule has 39 heavy (non-hydrogen) atoms. The molecule has 1 aromatic heterocycles. The Bertz CT molecular complexity index is 1340. The molecule has 6 atom stereocenters. The minimum Gasteiger partial charge on any atom is -0.461 e. The van der Waals surface area contributed by atoms with Gasteiger partial charge in [0.25, 0.3) is 0 Å². The van der Waals surface area contributed by atoms with Crippen LogP contribution in [-0.2, 0) is 0 Å². The van der Waals surface area contributed by atoms with E-state index in [2.05, 4.69) is 100 Å². The van der Waals surface area contributed by atoms with Crippen LogP contribution in [0.25, 0.3) is 11.3 Å². The minimum absolute atomic E-state index is 0.210. The van der Waals surface area contributed by atoms with E-state index in [1.807, 2.05) is 36.4 Å². The second kappa shape index (κ2) is 11.0. The summed E-state index contributed by atoms with van der Waals surface area (Å²) in [6.45, 7) is 4.12. The summed E-state index contributed by atoms with van der Waals surface area (Å²) in [5.41, 5.74) is 18.2. The number of hydrogen-bond acceptors (Lipinski definition) is 7. The normalized spacial score (nSPS) is 27.6. The summed E-state index contributed by atoms with van der Waals surface area (Å²) in [6.07, 6.45) is -1.73. The number of halogens is 1. The summed E-state index contributed by atoms with van der Waals surface area (Å²) in [4.78, 5) is 0. The van der Waals surface area contributed by atoms with Gasteiger partial charge in [0.1, 0.15) is 24.0 Å². The average molecular weight is 590 g/mol. The fraction of sp³-hybridized carbons (Fsp3) is 0.290. The van der Waals surface area contributed by atoms with Crippen LogP contribution in [0.1, 0.15) is 46.0 Å². The van der Waals surface area contributed by atoms with E-state index in [1.165, 1.54) is 11.1 Å². The van der Waals surface area contributed by atoms with Crippen LogP contribution >= 0.6 is 15.9 Å². The highest BCUT2D eigenvalue weighted by molar-refractivity contribution is 9.10. The zero-order valence-electron chi connectivity index (χ0n) is 21.8. The van der Waals surface area contributed by atoms with Crippen molar-refractivity contribution in [2.45, 2.75) is 44.3 Å². The molecule has 2 aliphatic rings. The molecule has 0 radical (unpaired) electrons. The molecule has 8 heteroatoms. The maximum atomic E-state index is 11.4. The summed E-state index contributed by atoms with van der Waals surface area (Å²) >= 11 is 3.50. The summed E-state index contributed by atoms with van der Waals surface area (Å²) in [5.74, 6) is 0.410. The SMILES string of the molecule is Cc1ccc(C2NNC(O)C2C(c2ccc(-c3ccc(Br)cc3)o2)C2C(O)NNC2c2ccc(C)cc2)cc1. The van der Waals surface area contributed by atoms with Gasteiger partial charge in [0.15, 0.2) is 0 Å². The van der Waals surface area contributed by atoms with E-state index in [0.717, 1.165) is 26.9 Å². The zero-order valence-corrected chi connectivity index (χ0v) is 23.4. The topological polar surface area (TPSA) is 102 Å². The number of nitrogens with one attached hydrogen (secondary N) is 4. The van der Waals surface area contributed by atoms with Gasteiger partial charge in [0, 0.05) is 27.8 Å². The quantitative estimate of drug-likeness (QED) is 0.189. The Morgan fingerprint density at radius 3 is 1.62 bits per heavy atom. The predicted molar refractivity (Wildman–Crippen MR) is 154 cm³/mol. The van der Waals surface area contributed by atoms with Gasteiger partial charge < -0.3 is 14.6 Å². The van der Waals surface area contributed by atoms with E-state index >= 15 is 0 Å². The Balaban J connectivity index is 1.45. The van der Waals surface area contributed by atoms with Gasteiger partial charge in [-0.05, 0) is 49.2 Å². The molecule has 6 unspecified atom stereocenters. The molecule has 4 aromatic rings. The number of benzene rings is 3. The smallest absolute Gasteiger partial charge is 0.134 e. The standard InChI is InChI=1S/C31H33BrN4O3/c1-17-3-7-20(8-4-17)28-26(30(37)35-33-28)25(24-16-15-23(39-24)19-11-13-22(32)14-12-19)27-29(34-36-31(27)38)21-9-5-18(2)6-10-21/h3-16,25-31,33-38H,1-2H3. The second-order valence-corrected chi connectivity index (χ2v) is 11.5. The highest BCUT2D eigenvalue weighted by Crippen LogP contribution is 2.49. The zero-order chi connectivity index (χ0) is 27.1. The first-order chi connectivity index (χ1) is 18.9. The average Bonchev–Trinajstić information content (AvgIpc) is 3.67. The molecule has 3 heterocycles. The van der Waals surface area contributed by atoms with Crippen molar-refractivity contribution in [3.05, 3.63) is 117 Å². The summed E-state index contributed by atoms with van der Waals surface area (Å²) in [5, 5.41) is 22.7. The van der Waals surface area contributed by atoms with Crippen molar-refractivity contribution in [3.63, 3.8) is 0 Å². The van der Waals surface area contributed by atoms with Crippen LogP contribution in [0.3, 0.4) is 0 Å². The van der Waals surface area contributed by atoms with E-state index in [4.69, 9.17) is 4.42 Å². The van der Waals surface area contributed by atoms with Gasteiger partial charge in [-0.15, -0.1) is 0 Å². The Kier molecular flexibility index (Phi) is 7.43. The molecule has 2 saturated heterocycles. The maximum Gasteiger partial charge on any atom is 0.134 e. The van der Waals surface area contributed by atoms with Crippen LogP contribution in [0.4, 0.5) is 0 Å². The number of furan rings is 1. The Morgan fingerprint density at radius 1 is 0.641 bits per heavy atom. The lowest BCUT2D eigenvalue weighted by atomic mass is 9.70. The fourth-order valence-electron chi connectivity index (χ4n) is 6.00. The molecule has 2 fully saturated rings. The molecule has 0 bridgehead atoms. The first-order valence-corrected chi connectivity index (χ1v) is 14.1. The van der Waals surface area contributed by atoms with Gasteiger partial charge in [-0.3, -0.25) is 0 Å². The molecule has 6 N–H and O–H groups in total. The Morgan fingerprint density at radius 2 is 1.13 bits per heavy atom. The molecule has 3 aromatic carbocycles. The van der Waals surface area contributed by atoms with E-state index in [-0.39, 0.29) is 29.8 Å². The van der Waals surface area contributed by atoms with Gasteiger partial charge in [0.2, 0.25) is 0 Å². The molecule has 6 rings (SSSR count). The number of hydrazine groups is 2. The lowest BCUT2D eigenvalue weighted by Gasteiger charge is -2.36. The summed E-state index contributed by atoms with van der Waals surface area (Å²) in [6, 6.07) is 28.2. The van der Waals surface area contributed by atoms with Crippen LogP contribution < -0.4 is 21.7 Å². The highest BCUT2D eigenvalue weighted by Gasteiger charge is 2.52. The number of aliphatic hydroxyl groups excluding tert-OH is 2. The van der Waals surface area contributed by atoms with Gasteiger partial charge >= 0.3 is 0 Å². The minimum atomic E-state index is -0.867. The number of aliphatic hydroxyl groups is 2. The van der Waals surface area contributed by atoms with Crippen LogP contribution in [0.2, 0.25) is 0 Å². The Hall–Kier alpha value is -2.82. The van der Waals surface area contributed by atoms with Crippen molar-refractivity contribution < 1.29 is 14.6 Å². The fourth-order valence-corrected chi connectivity index (χ4v) is 6.27. The van der Waals surface area contributed by atoms with Crippen molar-refractivity contribution in [2.75, 3.05) is 0 Å². The van der Waals surface area contributed by atoms with Gasteiger partial charge in [0.05, 0.1) is 12.1 Å². The Labute approximate surface area is 236 Å². The highest BCUT2D eigenvalue weighted by atomic mass is 79.9. The monoisotopic (exact) mass is 588 g/mol. The third-order valence-electron chi connectivity index (χ3n) is 8.06. The van der Waals surface area contributed by atoms with E-state index in [1.54, 1.807) is 0 Å². The second-order valence-electron chi connectivity index (χ2n) is 10.6. The third-order valence-corrected chi connectivity index (χ3v) is 8.59. The van der Waals surface area contributed by atoms with Crippen LogP contribution in [0.5, 0.6) is 0 Å². The molecule has 202 valence electrons. The third kappa shape index (κ3) is 5.21. The van der Waals surface area contributed by atoms with Crippen LogP contribution in [0.15, 0.2) is 93.8 Å². The van der Waals surface area contributed by atoms with Gasteiger partial charge in [-0.2, -0.15) is 0 Å². The summed E-state index contributed by atoms with van der Waals surface area (Å²) in [7, 11) is 0. The molecule has 0 aliphatic carbocycles. The lowest BCUT2D eigenvalue weighted by molar-refractivity contribution is 0.0307. The van der Waals surface area contributed by atoms with Crippen molar-refractivity contribution in [1.82, 2.24) is 21.7 Å². The van der Waals surface area contributed by atoms with Gasteiger partial charge in [-0.25, -0.2) is 21.7 Å². The largest absolute Gasteiger partial charge is 0.461 e. The predicted octanol–water partition coefficient (Wildman–Crippen LogP) is 4.98. The molecule has 0 amide bonds. The van der Waals surface area contributed by atoms with Crippen LogP contribution in [-0.4, -0.2) is 22.7 Å². The van der Waals surface area contributed by atoms with Crippen molar-refractivity contribution >= 4 is 15.9 Å². The van der Waals surface area contributed by atoms with Crippen molar-refractivity contribution in [1.29, 1.82) is 0 Å². The first-order valence-electron chi connectivity index (χ1n) is 13.3. The molecule has 7 nitrogen and oxygen atoms in total. The summed E-state index contributed by atoms with van der Waals surface area (Å²) < 4.78 is 7.55. The van der Waals surface area contributed by atoms with E-state index in [0.29, 0.717) is 5.76 Å². The van der Waals surface area contributed by atoms with Crippen LogP contribution in [0, 0.1) is 25.7 Å². The van der Waals surface area contributed by atoms with Crippen molar-refractivity contribution in [2.24, 2.45) is 11.8 Å². The van der Waals surface area contributed by atoms with Gasteiger partial charge in [-0.1, -0.05) is 87.7 Å². The lowest BCUT2D eigenvalue weighted by Crippen LogP contribution is -2.39. The number of rotatable bonds is 6. The van der Waals surface area contributed by atoms with Crippen molar-refractivity contribution in [3.8, 4) is 11.3 Å². The molecule has 0 spiro atoms. The first kappa shape index (κ1) is 26.4. The molecular formula is C31H33BrN4O3. The molecule has 2 aliphatic heterocycles. The number of aryl methyl sites for hydroxylation is 2. The van der Waals surface area contributed by atoms with E-state index < -0.39 is 12.5 Å².